The number of hydrogen-bond acceptors (Lipinski definition) is 5. The van der Waals surface area contributed by atoms with Crippen LogP contribution in [0.15, 0.2) is 77.7 Å². The Morgan fingerprint density at radius 1 is 1.05 bits per heavy atom. The number of benzene rings is 3. The third-order valence-electron chi connectivity index (χ3n) is 5.80. The first-order valence-electron chi connectivity index (χ1n) is 11.8. The van der Waals surface area contributed by atoms with Crippen LogP contribution in [0, 0.1) is 5.82 Å². The minimum atomic E-state index is -4.27. The number of rotatable bonds is 11. The maximum Gasteiger partial charge on any atom is 0.264 e. The summed E-state index contributed by atoms with van der Waals surface area (Å²) < 4.78 is 47.4. The van der Waals surface area contributed by atoms with Crippen LogP contribution < -0.4 is 14.4 Å². The quantitative estimate of drug-likeness (QED) is 0.378. The smallest absolute Gasteiger partial charge is 0.264 e. The second-order valence-corrected chi connectivity index (χ2v) is 10.7. The van der Waals surface area contributed by atoms with E-state index in [4.69, 9.17) is 16.3 Å². The molecule has 0 fully saturated rings. The number of halogens is 2. The monoisotopic (exact) mass is 561 g/mol. The maximum absolute atomic E-state index is 13.8. The Morgan fingerprint density at radius 2 is 1.71 bits per heavy atom. The first kappa shape index (κ1) is 28.9. The lowest BCUT2D eigenvalue weighted by Gasteiger charge is -2.32. The van der Waals surface area contributed by atoms with E-state index >= 15 is 0 Å². The summed E-state index contributed by atoms with van der Waals surface area (Å²) in [6.07, 6.45) is 0. The van der Waals surface area contributed by atoms with E-state index in [-0.39, 0.29) is 27.9 Å². The van der Waals surface area contributed by atoms with Gasteiger partial charge in [-0.15, -0.1) is 0 Å². The average Bonchev–Trinajstić information content (AvgIpc) is 2.91. The van der Waals surface area contributed by atoms with Gasteiger partial charge in [0.15, 0.2) is 0 Å². The number of nitrogens with zero attached hydrogens (tertiary/aromatic N) is 2. The summed E-state index contributed by atoms with van der Waals surface area (Å²) in [5.41, 5.74) is 0.623. The molecule has 11 heteroatoms. The third-order valence-corrected chi connectivity index (χ3v) is 7.81. The molecule has 0 spiro atoms. The Labute approximate surface area is 227 Å². The van der Waals surface area contributed by atoms with Gasteiger partial charge in [-0.05, 0) is 61.9 Å². The van der Waals surface area contributed by atoms with Gasteiger partial charge in [-0.25, -0.2) is 12.8 Å². The van der Waals surface area contributed by atoms with Gasteiger partial charge in [0.1, 0.15) is 24.2 Å². The number of methoxy groups -OCH3 is 1. The lowest BCUT2D eigenvalue weighted by atomic mass is 10.1. The van der Waals surface area contributed by atoms with E-state index < -0.39 is 40.2 Å². The zero-order valence-electron chi connectivity index (χ0n) is 21.2. The molecule has 0 aliphatic rings. The third kappa shape index (κ3) is 6.81. The molecule has 0 aromatic heterocycles. The fourth-order valence-corrected chi connectivity index (χ4v) is 5.39. The van der Waals surface area contributed by atoms with Crippen molar-refractivity contribution in [1.29, 1.82) is 0 Å². The van der Waals surface area contributed by atoms with Crippen LogP contribution in [0.25, 0.3) is 0 Å². The Balaban J connectivity index is 2.08. The van der Waals surface area contributed by atoms with Gasteiger partial charge in [0.25, 0.3) is 10.0 Å². The molecule has 0 radical (unpaired) electrons. The van der Waals surface area contributed by atoms with E-state index in [9.17, 15) is 22.4 Å². The summed E-state index contributed by atoms with van der Waals surface area (Å²) in [5, 5.41) is 2.92. The highest BCUT2D eigenvalue weighted by atomic mass is 35.5. The molecule has 0 aliphatic carbocycles. The van der Waals surface area contributed by atoms with Crippen LogP contribution in [0.2, 0.25) is 5.02 Å². The fourth-order valence-electron chi connectivity index (χ4n) is 3.78. The highest BCUT2D eigenvalue weighted by Crippen LogP contribution is 2.35. The van der Waals surface area contributed by atoms with E-state index in [1.54, 1.807) is 32.0 Å². The van der Waals surface area contributed by atoms with Crippen molar-refractivity contribution in [3.8, 4) is 5.75 Å². The van der Waals surface area contributed by atoms with E-state index in [0.29, 0.717) is 12.1 Å². The zero-order valence-corrected chi connectivity index (χ0v) is 22.8. The highest BCUT2D eigenvalue weighted by Gasteiger charge is 2.33. The molecular formula is C27H29ClFN3O5S. The molecule has 3 aromatic rings. The van der Waals surface area contributed by atoms with Crippen LogP contribution in [-0.4, -0.2) is 51.4 Å². The molecule has 0 saturated carbocycles. The van der Waals surface area contributed by atoms with E-state index in [2.05, 4.69) is 5.32 Å². The number of anilines is 1. The fraction of sp³-hybridized carbons (Fsp3) is 0.259. The molecule has 1 N–H and O–H groups in total. The molecule has 38 heavy (non-hydrogen) atoms. The lowest BCUT2D eigenvalue weighted by molar-refractivity contribution is -0.139. The van der Waals surface area contributed by atoms with Crippen molar-refractivity contribution in [2.45, 2.75) is 31.3 Å². The van der Waals surface area contributed by atoms with Crippen molar-refractivity contribution < 1.29 is 27.1 Å². The van der Waals surface area contributed by atoms with Gasteiger partial charge in [0, 0.05) is 18.1 Å². The predicted molar refractivity (Wildman–Crippen MR) is 144 cm³/mol. The van der Waals surface area contributed by atoms with Gasteiger partial charge in [0.2, 0.25) is 11.8 Å². The van der Waals surface area contributed by atoms with Crippen LogP contribution in [0.5, 0.6) is 5.75 Å². The number of hydrogen-bond donors (Lipinski definition) is 1. The normalized spacial score (nSPS) is 11.9. The average molecular weight is 562 g/mol. The number of likely N-dealkylation sites (N-methyl/N-ethyl adjacent to an activating group) is 1. The molecule has 0 bridgehead atoms. The number of ether oxygens (including phenoxy) is 1. The van der Waals surface area contributed by atoms with Crippen molar-refractivity contribution in [2.24, 2.45) is 0 Å². The Bertz CT molecular complexity index is 1370. The SMILES string of the molecule is CCNC(=O)C(C)N(Cc1ccc(F)cc1)C(=O)CN(c1cc(Cl)ccc1OC)S(=O)(=O)c1ccccc1. The van der Waals surface area contributed by atoms with Crippen molar-refractivity contribution in [1.82, 2.24) is 10.2 Å². The largest absolute Gasteiger partial charge is 0.495 e. The van der Waals surface area contributed by atoms with Crippen LogP contribution >= 0.6 is 11.6 Å². The Hall–Kier alpha value is -3.63. The molecule has 0 heterocycles. The predicted octanol–water partition coefficient (Wildman–Crippen LogP) is 4.24. The summed E-state index contributed by atoms with van der Waals surface area (Å²) in [4.78, 5) is 27.7. The van der Waals surface area contributed by atoms with Gasteiger partial charge in [-0.1, -0.05) is 41.9 Å². The molecule has 2 amide bonds. The molecule has 1 unspecified atom stereocenters. The van der Waals surface area contributed by atoms with Crippen molar-refractivity contribution in [3.05, 3.63) is 89.2 Å². The summed E-state index contributed by atoms with van der Waals surface area (Å²) >= 11 is 6.20. The second-order valence-electron chi connectivity index (χ2n) is 8.36. The van der Waals surface area contributed by atoms with Crippen molar-refractivity contribution in [3.63, 3.8) is 0 Å². The Morgan fingerprint density at radius 3 is 2.32 bits per heavy atom. The van der Waals surface area contributed by atoms with Gasteiger partial charge < -0.3 is 15.0 Å². The van der Waals surface area contributed by atoms with Gasteiger partial charge in [-0.2, -0.15) is 0 Å². The summed E-state index contributed by atoms with van der Waals surface area (Å²) in [7, 11) is -2.89. The number of nitrogens with one attached hydrogen (secondary N) is 1. The minimum Gasteiger partial charge on any atom is -0.495 e. The van der Waals surface area contributed by atoms with Gasteiger partial charge in [-0.3, -0.25) is 13.9 Å². The minimum absolute atomic E-state index is 0.0447. The molecule has 3 rings (SSSR count). The summed E-state index contributed by atoms with van der Waals surface area (Å²) in [6.45, 7) is 2.93. The summed E-state index contributed by atoms with van der Waals surface area (Å²) in [5.74, 6) is -1.34. The zero-order chi connectivity index (χ0) is 27.9. The van der Waals surface area contributed by atoms with Gasteiger partial charge in [0.05, 0.1) is 17.7 Å². The van der Waals surface area contributed by atoms with E-state index in [0.717, 1.165) is 4.31 Å². The van der Waals surface area contributed by atoms with Gasteiger partial charge >= 0.3 is 0 Å². The first-order valence-corrected chi connectivity index (χ1v) is 13.6. The number of amides is 2. The molecule has 1 atom stereocenters. The van der Waals surface area contributed by atoms with Crippen LogP contribution in [-0.2, 0) is 26.2 Å². The number of sulfonamides is 1. The second kappa shape index (κ2) is 12.7. The number of carbonyl (C=O) groups is 2. The molecule has 202 valence electrons. The van der Waals surface area contributed by atoms with Crippen molar-refractivity contribution >= 4 is 39.1 Å². The van der Waals surface area contributed by atoms with Crippen LogP contribution in [0.1, 0.15) is 19.4 Å². The molecular weight excluding hydrogens is 533 g/mol. The molecule has 3 aromatic carbocycles. The molecule has 0 aliphatic heterocycles. The topological polar surface area (TPSA) is 96.0 Å². The summed E-state index contributed by atoms with van der Waals surface area (Å²) in [6, 6.07) is 16.6. The molecule has 8 nitrogen and oxygen atoms in total. The van der Waals surface area contributed by atoms with E-state index in [1.807, 2.05) is 0 Å². The molecule has 0 saturated heterocycles. The highest BCUT2D eigenvalue weighted by molar-refractivity contribution is 7.92. The standard InChI is InChI=1S/C27H29ClFN3O5S/c1-4-30-27(34)19(2)31(17-20-10-13-22(29)14-11-20)26(33)18-32(24-16-21(28)12-15-25(24)37-3)38(35,36)23-8-6-5-7-9-23/h5-16,19H,4,17-18H2,1-3H3,(H,30,34). The van der Waals surface area contributed by atoms with Crippen LogP contribution in [0.4, 0.5) is 10.1 Å². The lowest BCUT2D eigenvalue weighted by Crippen LogP contribution is -2.51. The van der Waals surface area contributed by atoms with Crippen molar-refractivity contribution in [2.75, 3.05) is 24.5 Å². The first-order chi connectivity index (χ1) is 18.1. The van der Waals surface area contributed by atoms with Crippen LogP contribution in [0.3, 0.4) is 0 Å². The maximum atomic E-state index is 13.8. The van der Waals surface area contributed by atoms with E-state index in [1.165, 1.54) is 66.6 Å². The number of carbonyl (C=O) groups excluding carboxylic acids is 2. The Kier molecular flexibility index (Phi) is 9.71.